The monoisotopic (exact) mass is 278 g/mol. The molecular weight excluding hydrogens is 252 g/mol. The number of nitrogens with zero attached hydrogens (tertiary/aromatic N) is 2. The average Bonchev–Trinajstić information content (AvgIpc) is 2.93. The SMILES string of the molecule is Cc1ccc(CC(C)N2CCCN3CCCC3C2)s1. The lowest BCUT2D eigenvalue weighted by Gasteiger charge is -2.30. The average molecular weight is 278 g/mol. The second kappa shape index (κ2) is 5.94. The van der Waals surface area contributed by atoms with Crippen LogP contribution in [0, 0.1) is 6.92 Å². The predicted octanol–water partition coefficient (Wildman–Crippen LogP) is 3.16. The van der Waals surface area contributed by atoms with E-state index >= 15 is 0 Å². The molecule has 3 heterocycles. The van der Waals surface area contributed by atoms with Crippen LogP contribution in [0.3, 0.4) is 0 Å². The van der Waals surface area contributed by atoms with Crippen LogP contribution in [-0.2, 0) is 6.42 Å². The lowest BCUT2D eigenvalue weighted by Crippen LogP contribution is -2.41. The van der Waals surface area contributed by atoms with E-state index in [2.05, 4.69) is 35.8 Å². The van der Waals surface area contributed by atoms with Crippen molar-refractivity contribution in [1.82, 2.24) is 9.80 Å². The van der Waals surface area contributed by atoms with Crippen LogP contribution in [0.1, 0.15) is 35.9 Å². The van der Waals surface area contributed by atoms with Gasteiger partial charge in [0.05, 0.1) is 0 Å². The summed E-state index contributed by atoms with van der Waals surface area (Å²) in [5.74, 6) is 0. The number of hydrogen-bond donors (Lipinski definition) is 0. The van der Waals surface area contributed by atoms with E-state index < -0.39 is 0 Å². The van der Waals surface area contributed by atoms with Crippen molar-refractivity contribution in [3.05, 3.63) is 21.9 Å². The minimum atomic E-state index is 0.693. The minimum absolute atomic E-state index is 0.693. The summed E-state index contributed by atoms with van der Waals surface area (Å²) in [7, 11) is 0. The molecule has 2 aliphatic heterocycles. The highest BCUT2D eigenvalue weighted by atomic mass is 32.1. The predicted molar refractivity (Wildman–Crippen MR) is 83.0 cm³/mol. The largest absolute Gasteiger partial charge is 0.299 e. The molecule has 2 saturated heterocycles. The molecule has 1 aromatic rings. The summed E-state index contributed by atoms with van der Waals surface area (Å²) in [6.07, 6.45) is 5.41. The van der Waals surface area contributed by atoms with Gasteiger partial charge in [0.2, 0.25) is 0 Å². The topological polar surface area (TPSA) is 6.48 Å². The summed E-state index contributed by atoms with van der Waals surface area (Å²) >= 11 is 1.97. The fourth-order valence-corrected chi connectivity index (χ4v) is 4.66. The van der Waals surface area contributed by atoms with Gasteiger partial charge in [-0.2, -0.15) is 0 Å². The Labute approximate surface area is 121 Å². The first kappa shape index (κ1) is 13.6. The van der Waals surface area contributed by atoms with E-state index in [9.17, 15) is 0 Å². The molecule has 0 aliphatic carbocycles. The molecule has 0 amide bonds. The van der Waals surface area contributed by atoms with Crippen molar-refractivity contribution >= 4 is 11.3 Å². The van der Waals surface area contributed by atoms with Gasteiger partial charge in [-0.15, -0.1) is 11.3 Å². The Balaban J connectivity index is 1.60. The van der Waals surface area contributed by atoms with Crippen LogP contribution in [-0.4, -0.2) is 48.1 Å². The Morgan fingerprint density at radius 3 is 2.89 bits per heavy atom. The third-order valence-corrected chi connectivity index (χ3v) is 5.77. The summed E-state index contributed by atoms with van der Waals surface area (Å²) in [4.78, 5) is 8.46. The van der Waals surface area contributed by atoms with Gasteiger partial charge in [-0.3, -0.25) is 9.80 Å². The smallest absolute Gasteiger partial charge is 0.0223 e. The van der Waals surface area contributed by atoms with E-state index in [0.29, 0.717) is 6.04 Å². The summed E-state index contributed by atoms with van der Waals surface area (Å²) in [6.45, 7) is 9.88. The molecule has 2 fully saturated rings. The van der Waals surface area contributed by atoms with Gasteiger partial charge >= 0.3 is 0 Å². The maximum Gasteiger partial charge on any atom is 0.0223 e. The molecule has 0 saturated carbocycles. The Bertz CT molecular complexity index is 415. The highest BCUT2D eigenvalue weighted by Gasteiger charge is 2.30. The van der Waals surface area contributed by atoms with Gasteiger partial charge in [-0.05, 0) is 71.3 Å². The second-order valence-electron chi connectivity index (χ2n) is 6.25. The zero-order valence-corrected chi connectivity index (χ0v) is 13.1. The first-order valence-corrected chi connectivity index (χ1v) is 8.57. The quantitative estimate of drug-likeness (QED) is 0.838. The molecule has 0 aromatic carbocycles. The summed E-state index contributed by atoms with van der Waals surface area (Å²) in [5, 5.41) is 0. The first-order valence-electron chi connectivity index (χ1n) is 7.76. The van der Waals surface area contributed by atoms with Crippen LogP contribution in [0.4, 0.5) is 0 Å². The van der Waals surface area contributed by atoms with Crippen LogP contribution in [0.2, 0.25) is 0 Å². The van der Waals surface area contributed by atoms with Gasteiger partial charge in [0.15, 0.2) is 0 Å². The third kappa shape index (κ3) is 3.21. The Kier molecular flexibility index (Phi) is 4.25. The molecule has 19 heavy (non-hydrogen) atoms. The van der Waals surface area contributed by atoms with Gasteiger partial charge < -0.3 is 0 Å². The van der Waals surface area contributed by atoms with E-state index in [1.54, 1.807) is 4.88 Å². The Morgan fingerprint density at radius 2 is 2.11 bits per heavy atom. The molecule has 0 N–H and O–H groups in total. The lowest BCUT2D eigenvalue weighted by atomic mass is 10.1. The van der Waals surface area contributed by atoms with Crippen LogP contribution >= 0.6 is 11.3 Å². The van der Waals surface area contributed by atoms with Crippen molar-refractivity contribution in [3.8, 4) is 0 Å². The van der Waals surface area contributed by atoms with E-state index in [1.165, 1.54) is 56.7 Å². The van der Waals surface area contributed by atoms with E-state index in [4.69, 9.17) is 0 Å². The highest BCUT2D eigenvalue weighted by molar-refractivity contribution is 7.11. The first-order chi connectivity index (χ1) is 9.22. The van der Waals surface area contributed by atoms with E-state index in [0.717, 1.165) is 6.04 Å². The molecule has 2 atom stereocenters. The van der Waals surface area contributed by atoms with Crippen LogP contribution in [0.15, 0.2) is 12.1 Å². The Hall–Kier alpha value is -0.380. The molecule has 0 radical (unpaired) electrons. The number of hydrogen-bond acceptors (Lipinski definition) is 3. The standard InChI is InChI=1S/C16H26N2S/c1-13(11-16-7-6-14(2)19-16)18-10-4-9-17-8-3-5-15(17)12-18/h6-7,13,15H,3-5,8-12H2,1-2H3. The van der Waals surface area contributed by atoms with Gasteiger partial charge in [-0.25, -0.2) is 0 Å². The molecule has 106 valence electrons. The molecule has 0 bridgehead atoms. The molecule has 3 rings (SSSR count). The maximum atomic E-state index is 2.74. The van der Waals surface area contributed by atoms with Crippen molar-refractivity contribution in [2.75, 3.05) is 26.2 Å². The van der Waals surface area contributed by atoms with Gasteiger partial charge in [0.1, 0.15) is 0 Å². The normalized spacial score (nSPS) is 27.2. The zero-order valence-electron chi connectivity index (χ0n) is 12.3. The van der Waals surface area contributed by atoms with Crippen molar-refractivity contribution in [1.29, 1.82) is 0 Å². The zero-order chi connectivity index (χ0) is 13.2. The van der Waals surface area contributed by atoms with Gasteiger partial charge in [0.25, 0.3) is 0 Å². The van der Waals surface area contributed by atoms with Crippen molar-refractivity contribution in [2.45, 2.75) is 51.6 Å². The fourth-order valence-electron chi connectivity index (χ4n) is 3.65. The maximum absolute atomic E-state index is 2.74. The van der Waals surface area contributed by atoms with Gasteiger partial charge in [0, 0.05) is 28.4 Å². The van der Waals surface area contributed by atoms with Crippen LogP contribution < -0.4 is 0 Å². The van der Waals surface area contributed by atoms with Crippen molar-refractivity contribution in [3.63, 3.8) is 0 Å². The van der Waals surface area contributed by atoms with Crippen molar-refractivity contribution in [2.24, 2.45) is 0 Å². The lowest BCUT2D eigenvalue weighted by molar-refractivity contribution is 0.181. The fraction of sp³-hybridized carbons (Fsp3) is 0.750. The number of thiophene rings is 1. The van der Waals surface area contributed by atoms with E-state index in [-0.39, 0.29) is 0 Å². The minimum Gasteiger partial charge on any atom is -0.299 e. The van der Waals surface area contributed by atoms with E-state index in [1.807, 2.05) is 11.3 Å². The summed E-state index contributed by atoms with van der Waals surface area (Å²) < 4.78 is 0. The molecule has 3 heteroatoms. The van der Waals surface area contributed by atoms with Gasteiger partial charge in [-0.1, -0.05) is 0 Å². The molecule has 2 unspecified atom stereocenters. The molecule has 2 nitrogen and oxygen atoms in total. The van der Waals surface area contributed by atoms with Crippen LogP contribution in [0.25, 0.3) is 0 Å². The number of aryl methyl sites for hydroxylation is 1. The molecular formula is C16H26N2S. The second-order valence-corrected chi connectivity index (χ2v) is 7.62. The highest BCUT2D eigenvalue weighted by Crippen LogP contribution is 2.24. The molecule has 2 aliphatic rings. The number of fused-ring (bicyclic) bond motifs is 1. The summed E-state index contributed by atoms with van der Waals surface area (Å²) in [5.41, 5.74) is 0. The third-order valence-electron chi connectivity index (χ3n) is 4.75. The Morgan fingerprint density at radius 1 is 1.26 bits per heavy atom. The van der Waals surface area contributed by atoms with Crippen molar-refractivity contribution < 1.29 is 0 Å². The number of rotatable bonds is 3. The van der Waals surface area contributed by atoms with Crippen LogP contribution in [0.5, 0.6) is 0 Å². The summed E-state index contributed by atoms with van der Waals surface area (Å²) in [6, 6.07) is 6.11. The molecule has 0 spiro atoms. The molecule has 1 aromatic heterocycles.